The fourth-order valence-electron chi connectivity index (χ4n) is 4.11. The highest BCUT2D eigenvalue weighted by Crippen LogP contribution is 2.16. The highest BCUT2D eigenvalue weighted by molar-refractivity contribution is 5.80. The third-order valence-corrected chi connectivity index (χ3v) is 5.86. The maximum atomic E-state index is 12.1. The number of rotatable bonds is 6. The molecular weight excluding hydrogens is 378 g/mol. The van der Waals surface area contributed by atoms with E-state index >= 15 is 0 Å². The van der Waals surface area contributed by atoms with Gasteiger partial charge in [-0.05, 0) is 30.4 Å². The van der Waals surface area contributed by atoms with Crippen molar-refractivity contribution in [2.75, 3.05) is 26.7 Å². The minimum atomic E-state index is 0.0586. The monoisotopic (exact) mass is 413 g/mol. The van der Waals surface area contributed by atoms with Gasteiger partial charge in [-0.2, -0.15) is 0 Å². The standard InChI is InChI=1S/C23H35N5O2/c1-17(2)22(30)27-12-9-20(10-13-27)26-23(24-3)25-15-18-6-4-7-19(14-18)16-28-11-5-8-21(28)29/h4,6-7,14,17,20H,5,8-13,15-16H2,1-3H3,(H2,24,25,26). The lowest BCUT2D eigenvalue weighted by Crippen LogP contribution is -2.50. The number of aliphatic imine (C=N–C) groups is 1. The molecule has 2 amide bonds. The summed E-state index contributed by atoms with van der Waals surface area (Å²) < 4.78 is 0. The van der Waals surface area contributed by atoms with Crippen LogP contribution >= 0.6 is 0 Å². The topological polar surface area (TPSA) is 77.0 Å². The van der Waals surface area contributed by atoms with Crippen LogP contribution in [0, 0.1) is 5.92 Å². The summed E-state index contributed by atoms with van der Waals surface area (Å²) in [7, 11) is 1.78. The van der Waals surface area contributed by atoms with Crippen LogP contribution in [0.3, 0.4) is 0 Å². The summed E-state index contributed by atoms with van der Waals surface area (Å²) in [5.74, 6) is 1.34. The molecule has 0 bridgehead atoms. The van der Waals surface area contributed by atoms with Gasteiger partial charge in [-0.3, -0.25) is 14.6 Å². The molecular formula is C23H35N5O2. The van der Waals surface area contributed by atoms with Crippen LogP contribution in [0.15, 0.2) is 29.3 Å². The number of guanidine groups is 1. The largest absolute Gasteiger partial charge is 0.354 e. The summed E-state index contributed by atoms with van der Waals surface area (Å²) in [4.78, 5) is 32.3. The molecule has 0 aromatic heterocycles. The van der Waals surface area contributed by atoms with Gasteiger partial charge in [0.2, 0.25) is 11.8 Å². The van der Waals surface area contributed by atoms with Gasteiger partial charge in [-0.1, -0.05) is 38.1 Å². The SMILES string of the molecule is CN=C(NCc1cccc(CN2CCCC2=O)c1)NC1CCN(C(=O)C(C)C)CC1. The highest BCUT2D eigenvalue weighted by Gasteiger charge is 2.24. The van der Waals surface area contributed by atoms with Crippen LogP contribution in [-0.4, -0.2) is 60.3 Å². The molecule has 7 nitrogen and oxygen atoms in total. The summed E-state index contributed by atoms with van der Waals surface area (Å²) in [6.45, 7) is 7.72. The van der Waals surface area contributed by atoms with Gasteiger partial charge in [-0.15, -0.1) is 0 Å². The van der Waals surface area contributed by atoms with E-state index < -0.39 is 0 Å². The van der Waals surface area contributed by atoms with Crippen molar-refractivity contribution in [2.24, 2.45) is 10.9 Å². The van der Waals surface area contributed by atoms with Crippen LogP contribution in [0.2, 0.25) is 0 Å². The quantitative estimate of drug-likeness (QED) is 0.553. The van der Waals surface area contributed by atoms with Crippen molar-refractivity contribution in [1.29, 1.82) is 0 Å². The van der Waals surface area contributed by atoms with E-state index in [0.717, 1.165) is 50.4 Å². The number of nitrogens with zero attached hydrogens (tertiary/aromatic N) is 3. The molecule has 0 unspecified atom stereocenters. The van der Waals surface area contributed by atoms with Crippen LogP contribution in [0.4, 0.5) is 0 Å². The number of benzene rings is 1. The highest BCUT2D eigenvalue weighted by atomic mass is 16.2. The smallest absolute Gasteiger partial charge is 0.225 e. The van der Waals surface area contributed by atoms with Gasteiger partial charge in [0.05, 0.1) is 0 Å². The zero-order valence-electron chi connectivity index (χ0n) is 18.5. The Morgan fingerprint density at radius 3 is 2.57 bits per heavy atom. The molecule has 0 atom stereocenters. The Labute approximate surface area is 179 Å². The second-order valence-electron chi connectivity index (χ2n) is 8.56. The molecule has 0 aliphatic carbocycles. The second-order valence-corrected chi connectivity index (χ2v) is 8.56. The molecule has 1 aromatic rings. The Bertz CT molecular complexity index is 769. The van der Waals surface area contributed by atoms with Crippen molar-refractivity contribution in [3.05, 3.63) is 35.4 Å². The summed E-state index contributed by atoms with van der Waals surface area (Å²) in [5, 5.41) is 6.88. The summed E-state index contributed by atoms with van der Waals surface area (Å²) in [6.07, 6.45) is 3.50. The molecule has 0 spiro atoms. The van der Waals surface area contributed by atoms with Gasteiger partial charge >= 0.3 is 0 Å². The molecule has 2 fully saturated rings. The number of carbonyl (C=O) groups excluding carboxylic acids is 2. The average Bonchev–Trinajstić information content (AvgIpc) is 3.15. The van der Waals surface area contributed by atoms with Crippen molar-refractivity contribution < 1.29 is 9.59 Å². The van der Waals surface area contributed by atoms with E-state index in [4.69, 9.17) is 0 Å². The second kappa shape index (κ2) is 10.5. The first-order valence-corrected chi connectivity index (χ1v) is 11.1. The number of amides is 2. The first-order chi connectivity index (χ1) is 14.5. The van der Waals surface area contributed by atoms with Gasteiger partial charge in [0.1, 0.15) is 0 Å². The predicted molar refractivity (Wildman–Crippen MR) is 119 cm³/mol. The molecule has 0 saturated carbocycles. The molecule has 2 saturated heterocycles. The van der Waals surface area contributed by atoms with E-state index in [2.05, 4.69) is 33.8 Å². The Hall–Kier alpha value is -2.57. The third-order valence-electron chi connectivity index (χ3n) is 5.86. The van der Waals surface area contributed by atoms with Crippen molar-refractivity contribution >= 4 is 17.8 Å². The van der Waals surface area contributed by atoms with Crippen LogP contribution in [0.1, 0.15) is 50.7 Å². The lowest BCUT2D eigenvalue weighted by atomic mass is 10.0. The minimum Gasteiger partial charge on any atom is -0.354 e. The summed E-state index contributed by atoms with van der Waals surface area (Å²) >= 11 is 0. The first kappa shape index (κ1) is 22.1. The van der Waals surface area contributed by atoms with Gasteiger partial charge in [0.25, 0.3) is 0 Å². The van der Waals surface area contributed by atoms with E-state index in [1.54, 1.807) is 7.05 Å². The molecule has 164 valence electrons. The molecule has 2 N–H and O–H groups in total. The van der Waals surface area contributed by atoms with Crippen molar-refractivity contribution in [1.82, 2.24) is 20.4 Å². The van der Waals surface area contributed by atoms with Gasteiger partial charge in [-0.25, -0.2) is 0 Å². The average molecular weight is 414 g/mol. The maximum Gasteiger partial charge on any atom is 0.225 e. The van der Waals surface area contributed by atoms with E-state index in [1.807, 2.05) is 29.7 Å². The Kier molecular flexibility index (Phi) is 7.71. The van der Waals surface area contributed by atoms with Crippen LogP contribution in [-0.2, 0) is 22.7 Å². The molecule has 7 heteroatoms. The van der Waals surface area contributed by atoms with Crippen LogP contribution in [0.25, 0.3) is 0 Å². The number of nitrogens with one attached hydrogen (secondary N) is 2. The summed E-state index contributed by atoms with van der Waals surface area (Å²) in [6, 6.07) is 8.69. The van der Waals surface area contributed by atoms with E-state index in [9.17, 15) is 9.59 Å². The predicted octanol–water partition coefficient (Wildman–Crippen LogP) is 2.12. The van der Waals surface area contributed by atoms with Gasteiger partial charge < -0.3 is 20.4 Å². The molecule has 2 aliphatic rings. The molecule has 30 heavy (non-hydrogen) atoms. The fraction of sp³-hybridized carbons (Fsp3) is 0.609. The summed E-state index contributed by atoms with van der Waals surface area (Å²) in [5.41, 5.74) is 2.33. The molecule has 0 radical (unpaired) electrons. The molecule has 2 heterocycles. The number of likely N-dealkylation sites (tertiary alicyclic amines) is 2. The molecule has 3 rings (SSSR count). The lowest BCUT2D eigenvalue weighted by Gasteiger charge is -2.34. The third kappa shape index (κ3) is 5.97. The molecule has 2 aliphatic heterocycles. The van der Waals surface area contributed by atoms with Crippen molar-refractivity contribution in [3.8, 4) is 0 Å². The number of hydrogen-bond acceptors (Lipinski definition) is 3. The molecule has 1 aromatic carbocycles. The fourth-order valence-corrected chi connectivity index (χ4v) is 4.11. The normalized spacial score (nSPS) is 18.3. The minimum absolute atomic E-state index is 0.0586. The van der Waals surface area contributed by atoms with E-state index in [1.165, 1.54) is 5.56 Å². The zero-order valence-corrected chi connectivity index (χ0v) is 18.5. The van der Waals surface area contributed by atoms with Gasteiger partial charge in [0, 0.05) is 58.2 Å². The lowest BCUT2D eigenvalue weighted by molar-refractivity contribution is -0.135. The van der Waals surface area contributed by atoms with Crippen molar-refractivity contribution in [2.45, 2.75) is 58.7 Å². The Balaban J connectivity index is 1.46. The van der Waals surface area contributed by atoms with E-state index in [-0.39, 0.29) is 17.7 Å². The van der Waals surface area contributed by atoms with Crippen molar-refractivity contribution in [3.63, 3.8) is 0 Å². The Morgan fingerprint density at radius 1 is 1.20 bits per heavy atom. The maximum absolute atomic E-state index is 12.1. The van der Waals surface area contributed by atoms with Crippen LogP contribution in [0.5, 0.6) is 0 Å². The Morgan fingerprint density at radius 2 is 1.93 bits per heavy atom. The number of hydrogen-bond donors (Lipinski definition) is 2. The zero-order chi connectivity index (χ0) is 21.5. The van der Waals surface area contributed by atoms with Gasteiger partial charge in [0.15, 0.2) is 5.96 Å². The van der Waals surface area contributed by atoms with E-state index in [0.29, 0.717) is 25.6 Å². The van der Waals surface area contributed by atoms with Crippen LogP contribution < -0.4 is 10.6 Å². The number of piperidine rings is 1. The number of carbonyl (C=O) groups is 2. The first-order valence-electron chi connectivity index (χ1n) is 11.1.